The van der Waals surface area contributed by atoms with E-state index in [4.69, 9.17) is 4.74 Å². The highest BCUT2D eigenvalue weighted by Gasteiger charge is 2.26. The molecule has 2 heteroatoms. The van der Waals surface area contributed by atoms with E-state index in [9.17, 15) is 0 Å². The van der Waals surface area contributed by atoms with Crippen LogP contribution in [-0.2, 0) is 0 Å². The summed E-state index contributed by atoms with van der Waals surface area (Å²) < 4.78 is 5.66. The Morgan fingerprint density at radius 2 is 1.80 bits per heavy atom. The maximum Gasteiger partial charge on any atom is 0.119 e. The van der Waals surface area contributed by atoms with Gasteiger partial charge < -0.3 is 10.1 Å². The molecule has 1 aromatic carbocycles. The van der Waals surface area contributed by atoms with Gasteiger partial charge in [-0.3, -0.25) is 0 Å². The highest BCUT2D eigenvalue weighted by atomic mass is 16.5. The predicted molar refractivity (Wildman–Crippen MR) is 85.2 cm³/mol. The summed E-state index contributed by atoms with van der Waals surface area (Å²) in [5, 5.41) is 3.52. The Labute approximate surface area is 123 Å². The summed E-state index contributed by atoms with van der Waals surface area (Å²) >= 11 is 0. The van der Waals surface area contributed by atoms with E-state index in [0.29, 0.717) is 6.04 Å². The number of ether oxygens (including phenoxy) is 1. The van der Waals surface area contributed by atoms with Crippen LogP contribution in [0.3, 0.4) is 0 Å². The van der Waals surface area contributed by atoms with E-state index in [0.717, 1.165) is 30.6 Å². The second kappa shape index (κ2) is 7.68. The lowest BCUT2D eigenvalue weighted by Crippen LogP contribution is -2.28. The molecule has 0 radical (unpaired) electrons. The van der Waals surface area contributed by atoms with Gasteiger partial charge in [-0.15, -0.1) is 0 Å². The normalized spacial score (nSPS) is 24.4. The molecule has 1 atom stereocenters. The van der Waals surface area contributed by atoms with Gasteiger partial charge in [0.15, 0.2) is 0 Å². The van der Waals surface area contributed by atoms with Crippen LogP contribution in [-0.4, -0.2) is 13.7 Å². The second-order valence-electron chi connectivity index (χ2n) is 6.20. The van der Waals surface area contributed by atoms with Gasteiger partial charge in [0.25, 0.3) is 0 Å². The monoisotopic (exact) mass is 275 g/mol. The zero-order valence-corrected chi connectivity index (χ0v) is 13.2. The van der Waals surface area contributed by atoms with Crippen molar-refractivity contribution >= 4 is 0 Å². The average molecular weight is 275 g/mol. The van der Waals surface area contributed by atoms with Crippen LogP contribution in [0.25, 0.3) is 0 Å². The summed E-state index contributed by atoms with van der Waals surface area (Å²) in [6.07, 6.45) is 6.50. The standard InChI is InChI=1S/C18H29NO/c1-4-13-20-17-11-9-16(10-12-17)18(19-3)15-7-5-14(2)6-8-15/h9-12,14-15,18-19H,4-8,13H2,1-3H3. The zero-order valence-electron chi connectivity index (χ0n) is 13.2. The molecule has 1 N–H and O–H groups in total. The molecule has 0 aromatic heterocycles. The molecule has 1 aliphatic rings. The van der Waals surface area contributed by atoms with Crippen LogP contribution >= 0.6 is 0 Å². The van der Waals surface area contributed by atoms with Crippen molar-refractivity contribution in [2.75, 3.05) is 13.7 Å². The second-order valence-corrected chi connectivity index (χ2v) is 6.20. The van der Waals surface area contributed by atoms with Crippen molar-refractivity contribution in [1.82, 2.24) is 5.32 Å². The zero-order chi connectivity index (χ0) is 14.4. The highest BCUT2D eigenvalue weighted by Crippen LogP contribution is 2.36. The Morgan fingerprint density at radius 3 is 2.35 bits per heavy atom. The first-order valence-electron chi connectivity index (χ1n) is 8.14. The van der Waals surface area contributed by atoms with Crippen molar-refractivity contribution in [2.24, 2.45) is 11.8 Å². The molecular weight excluding hydrogens is 246 g/mol. The largest absolute Gasteiger partial charge is 0.494 e. The van der Waals surface area contributed by atoms with E-state index in [-0.39, 0.29) is 0 Å². The highest BCUT2D eigenvalue weighted by molar-refractivity contribution is 5.29. The van der Waals surface area contributed by atoms with Gasteiger partial charge in [-0.2, -0.15) is 0 Å². The fourth-order valence-corrected chi connectivity index (χ4v) is 3.29. The molecule has 2 rings (SSSR count). The van der Waals surface area contributed by atoms with E-state index in [2.05, 4.69) is 50.5 Å². The van der Waals surface area contributed by atoms with Crippen molar-refractivity contribution < 1.29 is 4.74 Å². The molecular formula is C18H29NO. The SMILES string of the molecule is CCCOc1ccc(C(NC)C2CCC(C)CC2)cc1. The lowest BCUT2D eigenvalue weighted by atomic mass is 9.77. The van der Waals surface area contributed by atoms with Crippen molar-refractivity contribution in [3.63, 3.8) is 0 Å². The maximum absolute atomic E-state index is 5.66. The lowest BCUT2D eigenvalue weighted by molar-refractivity contribution is 0.238. The van der Waals surface area contributed by atoms with Gasteiger partial charge in [0, 0.05) is 6.04 Å². The molecule has 1 fully saturated rings. The van der Waals surface area contributed by atoms with Crippen LogP contribution in [0.4, 0.5) is 0 Å². The lowest BCUT2D eigenvalue weighted by Gasteiger charge is -2.33. The van der Waals surface area contributed by atoms with Gasteiger partial charge in [0.05, 0.1) is 6.61 Å². The minimum atomic E-state index is 0.489. The van der Waals surface area contributed by atoms with E-state index >= 15 is 0 Å². The Hall–Kier alpha value is -1.02. The van der Waals surface area contributed by atoms with Crippen LogP contribution in [0.5, 0.6) is 5.75 Å². The number of hydrogen-bond donors (Lipinski definition) is 1. The molecule has 0 spiro atoms. The molecule has 0 heterocycles. The van der Waals surface area contributed by atoms with Gasteiger partial charge >= 0.3 is 0 Å². The summed E-state index contributed by atoms with van der Waals surface area (Å²) in [6.45, 7) is 5.31. The fraction of sp³-hybridized carbons (Fsp3) is 0.667. The predicted octanol–water partition coefficient (Wildman–Crippen LogP) is 4.56. The first-order chi connectivity index (χ1) is 9.74. The van der Waals surface area contributed by atoms with Crippen molar-refractivity contribution in [2.45, 2.75) is 52.0 Å². The van der Waals surface area contributed by atoms with Gasteiger partial charge in [-0.1, -0.05) is 38.8 Å². The van der Waals surface area contributed by atoms with Crippen LogP contribution in [0.15, 0.2) is 24.3 Å². The fourth-order valence-electron chi connectivity index (χ4n) is 3.29. The third-order valence-corrected chi connectivity index (χ3v) is 4.55. The quantitative estimate of drug-likeness (QED) is 0.821. The van der Waals surface area contributed by atoms with E-state index in [1.807, 2.05) is 0 Å². The maximum atomic E-state index is 5.66. The minimum Gasteiger partial charge on any atom is -0.494 e. The van der Waals surface area contributed by atoms with Gasteiger partial charge in [0.1, 0.15) is 5.75 Å². The summed E-state index contributed by atoms with van der Waals surface area (Å²) in [4.78, 5) is 0. The van der Waals surface area contributed by atoms with Crippen LogP contribution in [0, 0.1) is 11.8 Å². The van der Waals surface area contributed by atoms with E-state index in [1.165, 1.54) is 31.2 Å². The molecule has 0 amide bonds. The number of nitrogens with one attached hydrogen (secondary N) is 1. The Morgan fingerprint density at radius 1 is 1.15 bits per heavy atom. The Bertz CT molecular complexity index is 379. The summed E-state index contributed by atoms with van der Waals surface area (Å²) in [5.74, 6) is 2.68. The first kappa shape index (κ1) is 15.4. The summed E-state index contributed by atoms with van der Waals surface area (Å²) in [5.41, 5.74) is 1.40. The Kier molecular flexibility index (Phi) is 5.90. The minimum absolute atomic E-state index is 0.489. The van der Waals surface area contributed by atoms with Gasteiger partial charge in [-0.05, 0) is 55.8 Å². The number of hydrogen-bond acceptors (Lipinski definition) is 2. The van der Waals surface area contributed by atoms with Crippen molar-refractivity contribution in [3.05, 3.63) is 29.8 Å². The molecule has 1 saturated carbocycles. The number of benzene rings is 1. The average Bonchev–Trinajstić information content (AvgIpc) is 2.49. The summed E-state index contributed by atoms with van der Waals surface area (Å²) in [7, 11) is 2.09. The van der Waals surface area contributed by atoms with E-state index in [1.54, 1.807) is 0 Å². The molecule has 0 saturated heterocycles. The molecule has 0 bridgehead atoms. The van der Waals surface area contributed by atoms with Gasteiger partial charge in [0.2, 0.25) is 0 Å². The molecule has 1 unspecified atom stereocenters. The van der Waals surface area contributed by atoms with Crippen LogP contribution in [0.2, 0.25) is 0 Å². The number of rotatable bonds is 6. The third kappa shape index (κ3) is 3.99. The molecule has 1 aromatic rings. The summed E-state index contributed by atoms with van der Waals surface area (Å²) in [6, 6.07) is 9.17. The Balaban J connectivity index is 2.00. The van der Waals surface area contributed by atoms with E-state index < -0.39 is 0 Å². The molecule has 112 valence electrons. The van der Waals surface area contributed by atoms with Crippen LogP contribution in [0.1, 0.15) is 57.6 Å². The molecule has 20 heavy (non-hydrogen) atoms. The topological polar surface area (TPSA) is 21.3 Å². The third-order valence-electron chi connectivity index (χ3n) is 4.55. The van der Waals surface area contributed by atoms with Crippen LogP contribution < -0.4 is 10.1 Å². The van der Waals surface area contributed by atoms with Gasteiger partial charge in [-0.25, -0.2) is 0 Å². The first-order valence-corrected chi connectivity index (χ1v) is 8.14. The van der Waals surface area contributed by atoms with Crippen molar-refractivity contribution in [1.29, 1.82) is 0 Å². The molecule has 1 aliphatic carbocycles. The van der Waals surface area contributed by atoms with Crippen molar-refractivity contribution in [3.8, 4) is 5.75 Å². The molecule has 2 nitrogen and oxygen atoms in total. The molecule has 0 aliphatic heterocycles. The smallest absolute Gasteiger partial charge is 0.119 e.